The molecule has 0 aliphatic rings. The molecule has 0 aliphatic heterocycles. The molecule has 1 aromatic heterocycles. The lowest BCUT2D eigenvalue weighted by molar-refractivity contribution is 0.102. The Kier molecular flexibility index (Phi) is 3.41. The van der Waals surface area contributed by atoms with Crippen LogP contribution in [0.25, 0.3) is 0 Å². The van der Waals surface area contributed by atoms with Crippen LogP contribution in [0.4, 0.5) is 20.3 Å². The highest BCUT2D eigenvalue weighted by molar-refractivity contribution is 6.03. The van der Waals surface area contributed by atoms with Gasteiger partial charge >= 0.3 is 0 Å². The summed E-state index contributed by atoms with van der Waals surface area (Å²) in [5.74, 6) is -2.00. The lowest BCUT2D eigenvalue weighted by atomic mass is 10.2. The van der Waals surface area contributed by atoms with Crippen LogP contribution in [0.15, 0.2) is 30.5 Å². The Morgan fingerprint density at radius 3 is 2.42 bits per heavy atom. The number of hydrogen-bond acceptors (Lipinski definition) is 3. The summed E-state index contributed by atoms with van der Waals surface area (Å²) in [5, 5.41) is 2.44. The number of nitrogens with one attached hydrogen (secondary N) is 1. The van der Waals surface area contributed by atoms with Gasteiger partial charge in [-0.15, -0.1) is 0 Å². The van der Waals surface area contributed by atoms with Crippen LogP contribution in [-0.4, -0.2) is 10.9 Å². The number of halogens is 2. The first-order valence-electron chi connectivity index (χ1n) is 5.45. The van der Waals surface area contributed by atoms with E-state index in [-0.39, 0.29) is 11.4 Å². The van der Waals surface area contributed by atoms with E-state index in [4.69, 9.17) is 5.73 Å². The van der Waals surface area contributed by atoms with Crippen molar-refractivity contribution in [3.05, 3.63) is 53.2 Å². The number of anilines is 2. The van der Waals surface area contributed by atoms with Crippen molar-refractivity contribution in [2.45, 2.75) is 6.92 Å². The van der Waals surface area contributed by atoms with Gasteiger partial charge in [-0.2, -0.15) is 0 Å². The second kappa shape index (κ2) is 5.01. The van der Waals surface area contributed by atoms with Gasteiger partial charge in [0.25, 0.3) is 5.91 Å². The van der Waals surface area contributed by atoms with Crippen molar-refractivity contribution in [1.82, 2.24) is 4.98 Å². The van der Waals surface area contributed by atoms with Crippen molar-refractivity contribution in [3.63, 3.8) is 0 Å². The van der Waals surface area contributed by atoms with Gasteiger partial charge in [0, 0.05) is 11.6 Å². The van der Waals surface area contributed by atoms with E-state index in [1.54, 1.807) is 13.0 Å². The largest absolute Gasteiger partial charge is 0.397 e. The monoisotopic (exact) mass is 263 g/mol. The first-order valence-corrected chi connectivity index (χ1v) is 5.45. The maximum atomic E-state index is 13.0. The highest BCUT2D eigenvalue weighted by atomic mass is 19.1. The lowest BCUT2D eigenvalue weighted by Crippen LogP contribution is -2.14. The molecule has 0 fully saturated rings. The molecular formula is C13H11F2N3O. The molecule has 1 aromatic carbocycles. The van der Waals surface area contributed by atoms with E-state index in [2.05, 4.69) is 10.3 Å². The quantitative estimate of drug-likeness (QED) is 0.874. The number of amides is 1. The molecule has 98 valence electrons. The first kappa shape index (κ1) is 12.9. The molecule has 0 aliphatic carbocycles. The summed E-state index contributed by atoms with van der Waals surface area (Å²) < 4.78 is 26.0. The Labute approximate surface area is 108 Å². The molecule has 1 heterocycles. The molecule has 0 saturated carbocycles. The number of carbonyl (C=O) groups excluding carboxylic acids is 1. The molecule has 2 rings (SSSR count). The summed E-state index contributed by atoms with van der Waals surface area (Å²) in [4.78, 5) is 15.7. The van der Waals surface area contributed by atoms with Crippen LogP contribution in [0.5, 0.6) is 0 Å². The Morgan fingerprint density at radius 2 is 1.84 bits per heavy atom. The average molecular weight is 263 g/mol. The number of hydrogen-bond donors (Lipinski definition) is 2. The summed E-state index contributed by atoms with van der Waals surface area (Å²) in [5.41, 5.74) is 6.72. The molecule has 4 nitrogen and oxygen atoms in total. The van der Waals surface area contributed by atoms with Crippen molar-refractivity contribution in [2.24, 2.45) is 0 Å². The van der Waals surface area contributed by atoms with E-state index in [0.717, 1.165) is 17.7 Å². The fourth-order valence-corrected chi connectivity index (χ4v) is 1.51. The number of pyridine rings is 1. The van der Waals surface area contributed by atoms with Crippen molar-refractivity contribution in [1.29, 1.82) is 0 Å². The number of nitrogens with zero attached hydrogens (tertiary/aromatic N) is 1. The van der Waals surface area contributed by atoms with Gasteiger partial charge in [0.15, 0.2) is 0 Å². The van der Waals surface area contributed by atoms with Gasteiger partial charge in [-0.05, 0) is 30.7 Å². The van der Waals surface area contributed by atoms with E-state index < -0.39 is 17.5 Å². The number of nitrogens with two attached hydrogens (primary N) is 1. The zero-order valence-corrected chi connectivity index (χ0v) is 10.1. The molecule has 19 heavy (non-hydrogen) atoms. The minimum Gasteiger partial charge on any atom is -0.397 e. The lowest BCUT2D eigenvalue weighted by Gasteiger charge is -2.06. The van der Waals surface area contributed by atoms with Crippen molar-refractivity contribution < 1.29 is 13.6 Å². The first-order chi connectivity index (χ1) is 8.95. The zero-order valence-electron chi connectivity index (χ0n) is 10.1. The molecular weight excluding hydrogens is 252 g/mol. The second-order valence-corrected chi connectivity index (χ2v) is 4.04. The van der Waals surface area contributed by atoms with Gasteiger partial charge in [0.05, 0.1) is 11.9 Å². The number of benzene rings is 1. The van der Waals surface area contributed by atoms with Crippen LogP contribution in [-0.2, 0) is 0 Å². The van der Waals surface area contributed by atoms with Gasteiger partial charge < -0.3 is 11.1 Å². The van der Waals surface area contributed by atoms with E-state index in [1.165, 1.54) is 6.20 Å². The van der Waals surface area contributed by atoms with Gasteiger partial charge in [0.2, 0.25) is 0 Å². The van der Waals surface area contributed by atoms with Crippen molar-refractivity contribution in [2.75, 3.05) is 11.1 Å². The predicted octanol–water partition coefficient (Wildman–Crippen LogP) is 2.50. The van der Waals surface area contributed by atoms with Crippen LogP contribution in [0.2, 0.25) is 0 Å². The van der Waals surface area contributed by atoms with Gasteiger partial charge in [0.1, 0.15) is 17.5 Å². The van der Waals surface area contributed by atoms with Crippen LogP contribution in [0.3, 0.4) is 0 Å². The number of nitrogen functional groups attached to an aromatic ring is 1. The zero-order chi connectivity index (χ0) is 14.0. The third kappa shape index (κ3) is 3.04. The molecule has 0 bridgehead atoms. The summed E-state index contributed by atoms with van der Waals surface area (Å²) in [6.07, 6.45) is 1.40. The minimum absolute atomic E-state index is 0.117. The third-order valence-corrected chi connectivity index (χ3v) is 2.52. The molecule has 0 radical (unpaired) electrons. The number of carbonyl (C=O) groups is 1. The standard InChI is InChI=1S/C13H11F2N3O/c1-7-2-12(17-6-11(7)16)18-13(19)8-3-9(14)5-10(15)4-8/h2-6H,16H2,1H3,(H,17,18,19). The maximum absolute atomic E-state index is 13.0. The van der Waals surface area contributed by atoms with E-state index in [9.17, 15) is 13.6 Å². The van der Waals surface area contributed by atoms with Crippen LogP contribution >= 0.6 is 0 Å². The van der Waals surface area contributed by atoms with Crippen LogP contribution < -0.4 is 11.1 Å². The van der Waals surface area contributed by atoms with E-state index in [1.807, 2.05) is 0 Å². The molecule has 1 amide bonds. The average Bonchev–Trinajstić information content (AvgIpc) is 2.32. The highest BCUT2D eigenvalue weighted by Gasteiger charge is 2.10. The highest BCUT2D eigenvalue weighted by Crippen LogP contribution is 2.15. The summed E-state index contributed by atoms with van der Waals surface area (Å²) in [7, 11) is 0. The predicted molar refractivity (Wildman–Crippen MR) is 67.7 cm³/mol. The smallest absolute Gasteiger partial charge is 0.257 e. The van der Waals surface area contributed by atoms with Crippen molar-refractivity contribution >= 4 is 17.4 Å². The summed E-state index contributed by atoms with van der Waals surface area (Å²) in [6.45, 7) is 1.76. The topological polar surface area (TPSA) is 68.0 Å². The number of rotatable bonds is 2. The Bertz CT molecular complexity index is 624. The molecule has 3 N–H and O–H groups in total. The molecule has 0 atom stereocenters. The van der Waals surface area contributed by atoms with Gasteiger partial charge in [-0.25, -0.2) is 13.8 Å². The van der Waals surface area contributed by atoms with Crippen molar-refractivity contribution in [3.8, 4) is 0 Å². The summed E-state index contributed by atoms with van der Waals surface area (Å²) in [6, 6.07) is 4.16. The molecule has 0 saturated heterocycles. The van der Waals surface area contributed by atoms with Gasteiger partial charge in [-0.1, -0.05) is 0 Å². The molecule has 6 heteroatoms. The number of aromatic nitrogens is 1. The second-order valence-electron chi connectivity index (χ2n) is 4.04. The Hall–Kier alpha value is -2.50. The maximum Gasteiger partial charge on any atom is 0.257 e. The third-order valence-electron chi connectivity index (χ3n) is 2.52. The number of aryl methyl sites for hydroxylation is 1. The minimum atomic E-state index is -0.813. The normalized spacial score (nSPS) is 10.3. The molecule has 2 aromatic rings. The van der Waals surface area contributed by atoms with Crippen LogP contribution in [0.1, 0.15) is 15.9 Å². The van der Waals surface area contributed by atoms with Gasteiger partial charge in [-0.3, -0.25) is 4.79 Å². The molecule has 0 spiro atoms. The van der Waals surface area contributed by atoms with E-state index in [0.29, 0.717) is 11.8 Å². The fourth-order valence-electron chi connectivity index (χ4n) is 1.51. The summed E-state index contributed by atoms with van der Waals surface area (Å²) >= 11 is 0. The SMILES string of the molecule is Cc1cc(NC(=O)c2cc(F)cc(F)c2)ncc1N. The van der Waals surface area contributed by atoms with Crippen LogP contribution in [0, 0.1) is 18.6 Å². The van der Waals surface area contributed by atoms with E-state index >= 15 is 0 Å². The fraction of sp³-hybridized carbons (Fsp3) is 0.0769. The Morgan fingerprint density at radius 1 is 1.21 bits per heavy atom. The Balaban J connectivity index is 2.22. The molecule has 0 unspecified atom stereocenters.